The van der Waals surface area contributed by atoms with E-state index in [1.807, 2.05) is 0 Å². The fraction of sp³-hybridized carbons (Fsp3) is 0.548. The van der Waals surface area contributed by atoms with Crippen LogP contribution < -0.4 is 9.47 Å². The van der Waals surface area contributed by atoms with E-state index < -0.39 is 34.7 Å². The van der Waals surface area contributed by atoms with Crippen molar-refractivity contribution in [3.8, 4) is 17.6 Å². The van der Waals surface area contributed by atoms with Crippen LogP contribution in [-0.4, -0.2) is 12.6 Å². The normalized spacial score (nSPS) is 17.1. The quantitative estimate of drug-likeness (QED) is 0.139. The fourth-order valence-electron chi connectivity index (χ4n) is 5.10. The van der Waals surface area contributed by atoms with Crippen LogP contribution in [0.3, 0.4) is 0 Å². The number of hydrogen-bond acceptors (Lipinski definition) is 4. The van der Waals surface area contributed by atoms with Crippen molar-refractivity contribution in [1.82, 2.24) is 0 Å². The molecule has 0 spiro atoms. The molecule has 0 N–H and O–H groups in total. The molecule has 0 unspecified atom stereocenters. The van der Waals surface area contributed by atoms with Crippen molar-refractivity contribution >= 4 is 5.97 Å². The van der Waals surface area contributed by atoms with Gasteiger partial charge < -0.3 is 9.47 Å². The van der Waals surface area contributed by atoms with E-state index in [4.69, 9.17) is 14.7 Å². The topological polar surface area (TPSA) is 59.3 Å². The summed E-state index contributed by atoms with van der Waals surface area (Å²) in [4.78, 5) is 12.3. The third-order valence-corrected chi connectivity index (χ3v) is 7.42. The lowest BCUT2D eigenvalue weighted by Gasteiger charge is -2.28. The Morgan fingerprint density at radius 3 is 2.03 bits per heavy atom. The van der Waals surface area contributed by atoms with Crippen molar-refractivity contribution < 1.29 is 27.4 Å². The summed E-state index contributed by atoms with van der Waals surface area (Å²) in [6.45, 7) is 2.74. The van der Waals surface area contributed by atoms with E-state index in [0.29, 0.717) is 30.4 Å². The van der Waals surface area contributed by atoms with Gasteiger partial charge in [-0.3, -0.25) is 0 Å². The number of nitriles is 1. The SMILES string of the molecule is CCCCCCCCCCC1CCC(COc2ccc(C(=O)Oc3cc(F)c(C#N)c(F)c3)c(F)c2)CC1. The van der Waals surface area contributed by atoms with E-state index in [1.165, 1.54) is 88.8 Å². The minimum Gasteiger partial charge on any atom is -0.493 e. The van der Waals surface area contributed by atoms with Gasteiger partial charge in [-0.25, -0.2) is 18.0 Å². The largest absolute Gasteiger partial charge is 0.493 e. The Balaban J connectivity index is 1.37. The lowest BCUT2D eigenvalue weighted by Crippen LogP contribution is -2.20. The van der Waals surface area contributed by atoms with E-state index >= 15 is 0 Å². The Labute approximate surface area is 224 Å². The van der Waals surface area contributed by atoms with Gasteiger partial charge in [-0.2, -0.15) is 5.26 Å². The van der Waals surface area contributed by atoms with Crippen molar-refractivity contribution in [3.05, 3.63) is 58.9 Å². The minimum absolute atomic E-state index is 0.315. The van der Waals surface area contributed by atoms with Gasteiger partial charge in [-0.15, -0.1) is 0 Å². The molecule has 0 radical (unpaired) electrons. The molecular formula is C31H38F3NO3. The predicted octanol–water partition coefficient (Wildman–Crippen LogP) is 8.91. The molecule has 2 aromatic carbocycles. The Morgan fingerprint density at radius 1 is 0.842 bits per heavy atom. The molecular weight excluding hydrogens is 491 g/mol. The number of rotatable bonds is 14. The molecule has 0 aliphatic heterocycles. The lowest BCUT2D eigenvalue weighted by molar-refractivity contribution is 0.0729. The average Bonchev–Trinajstić information content (AvgIpc) is 2.89. The van der Waals surface area contributed by atoms with Gasteiger partial charge in [-0.05, 0) is 36.8 Å². The highest BCUT2D eigenvalue weighted by atomic mass is 19.1. The molecule has 1 aliphatic rings. The number of ether oxygens (including phenoxy) is 2. The summed E-state index contributed by atoms with van der Waals surface area (Å²) in [6.07, 6.45) is 16.7. The molecule has 0 amide bonds. The highest BCUT2D eigenvalue weighted by Gasteiger charge is 2.22. The zero-order valence-corrected chi connectivity index (χ0v) is 22.2. The molecule has 0 bridgehead atoms. The molecule has 1 saturated carbocycles. The second-order valence-corrected chi connectivity index (χ2v) is 10.4. The predicted molar refractivity (Wildman–Crippen MR) is 141 cm³/mol. The summed E-state index contributed by atoms with van der Waals surface area (Å²) in [5.74, 6) is -3.20. The van der Waals surface area contributed by atoms with Gasteiger partial charge in [0.15, 0.2) is 0 Å². The summed E-state index contributed by atoms with van der Waals surface area (Å²) in [5, 5.41) is 8.73. The van der Waals surface area contributed by atoms with E-state index in [0.717, 1.165) is 24.8 Å². The summed E-state index contributed by atoms with van der Waals surface area (Å²) in [7, 11) is 0. The van der Waals surface area contributed by atoms with Gasteiger partial charge in [0.05, 0.1) is 12.2 Å². The van der Waals surface area contributed by atoms with Crippen LogP contribution in [-0.2, 0) is 0 Å². The zero-order valence-electron chi connectivity index (χ0n) is 22.2. The molecule has 4 nitrogen and oxygen atoms in total. The monoisotopic (exact) mass is 529 g/mol. The molecule has 1 aliphatic carbocycles. The van der Waals surface area contributed by atoms with E-state index in [9.17, 15) is 18.0 Å². The zero-order chi connectivity index (χ0) is 27.3. The molecule has 3 rings (SSSR count). The molecule has 2 aromatic rings. The van der Waals surface area contributed by atoms with Crippen LogP contribution in [0.15, 0.2) is 30.3 Å². The maximum Gasteiger partial charge on any atom is 0.346 e. The van der Waals surface area contributed by atoms with Gasteiger partial charge in [0.2, 0.25) is 0 Å². The second kappa shape index (κ2) is 15.4. The maximum atomic E-state index is 14.6. The van der Waals surface area contributed by atoms with Gasteiger partial charge in [0.25, 0.3) is 0 Å². The van der Waals surface area contributed by atoms with Crippen LogP contribution in [0.1, 0.15) is 106 Å². The first-order valence-corrected chi connectivity index (χ1v) is 13.9. The van der Waals surface area contributed by atoms with Crippen molar-refractivity contribution in [2.24, 2.45) is 11.8 Å². The highest BCUT2D eigenvalue weighted by Crippen LogP contribution is 2.33. The van der Waals surface area contributed by atoms with Crippen molar-refractivity contribution in [1.29, 1.82) is 5.26 Å². The van der Waals surface area contributed by atoms with Crippen LogP contribution in [0.5, 0.6) is 11.5 Å². The van der Waals surface area contributed by atoms with Crippen LogP contribution in [0.2, 0.25) is 0 Å². The number of halogens is 3. The van der Waals surface area contributed by atoms with Crippen LogP contribution in [0, 0.1) is 40.6 Å². The molecule has 1 fully saturated rings. The van der Waals surface area contributed by atoms with E-state index in [-0.39, 0.29) is 5.56 Å². The molecule has 0 heterocycles. The number of carbonyl (C=O) groups excluding carboxylic acids is 1. The van der Waals surface area contributed by atoms with Gasteiger partial charge in [-0.1, -0.05) is 77.6 Å². The third kappa shape index (κ3) is 9.08. The molecule has 7 heteroatoms. The first-order chi connectivity index (χ1) is 18.4. The van der Waals surface area contributed by atoms with Crippen LogP contribution >= 0.6 is 0 Å². The molecule has 38 heavy (non-hydrogen) atoms. The molecule has 0 aromatic heterocycles. The number of hydrogen-bond donors (Lipinski definition) is 0. The number of carbonyl (C=O) groups is 1. The third-order valence-electron chi connectivity index (χ3n) is 7.42. The standard InChI is InChI=1S/C31H38F3NO3/c1-2-3-4-5-6-7-8-9-10-22-11-13-23(14-12-22)21-37-24-15-16-26(28(32)17-24)31(36)38-25-18-29(33)27(20-35)30(34)19-25/h15-19,22-23H,2-14,21H2,1H3. The first kappa shape index (κ1) is 29.5. The smallest absolute Gasteiger partial charge is 0.346 e. The van der Waals surface area contributed by atoms with E-state index in [2.05, 4.69) is 6.92 Å². The molecule has 0 saturated heterocycles. The Hall–Kier alpha value is -3.01. The highest BCUT2D eigenvalue weighted by molar-refractivity contribution is 5.91. The summed E-state index contributed by atoms with van der Waals surface area (Å²) < 4.78 is 52.8. The summed E-state index contributed by atoms with van der Waals surface area (Å²) in [6, 6.07) is 6.62. The van der Waals surface area contributed by atoms with Crippen LogP contribution in [0.25, 0.3) is 0 Å². The maximum absolute atomic E-state index is 14.6. The van der Waals surface area contributed by atoms with Crippen molar-refractivity contribution in [3.63, 3.8) is 0 Å². The van der Waals surface area contributed by atoms with Gasteiger partial charge in [0, 0.05) is 18.2 Å². The van der Waals surface area contributed by atoms with Gasteiger partial charge >= 0.3 is 5.97 Å². The number of nitrogens with zero attached hydrogens (tertiary/aromatic N) is 1. The first-order valence-electron chi connectivity index (χ1n) is 13.9. The Morgan fingerprint density at radius 2 is 1.42 bits per heavy atom. The van der Waals surface area contributed by atoms with Crippen LogP contribution in [0.4, 0.5) is 13.2 Å². The number of unbranched alkanes of at least 4 members (excludes halogenated alkanes) is 7. The summed E-state index contributed by atoms with van der Waals surface area (Å²) in [5.41, 5.74) is -1.17. The minimum atomic E-state index is -1.17. The number of esters is 1. The molecule has 206 valence electrons. The fourth-order valence-corrected chi connectivity index (χ4v) is 5.10. The number of benzene rings is 2. The average molecular weight is 530 g/mol. The van der Waals surface area contributed by atoms with Gasteiger partial charge in [0.1, 0.15) is 40.6 Å². The Kier molecular flexibility index (Phi) is 12.0. The second-order valence-electron chi connectivity index (χ2n) is 10.4. The van der Waals surface area contributed by atoms with Crippen molar-refractivity contribution in [2.45, 2.75) is 90.4 Å². The lowest BCUT2D eigenvalue weighted by atomic mass is 9.80. The Bertz CT molecular complexity index is 1070. The van der Waals surface area contributed by atoms with Crippen molar-refractivity contribution in [2.75, 3.05) is 6.61 Å². The summed E-state index contributed by atoms with van der Waals surface area (Å²) >= 11 is 0. The molecule has 0 atom stereocenters. The van der Waals surface area contributed by atoms with E-state index in [1.54, 1.807) is 0 Å².